The first kappa shape index (κ1) is 12.5. The molecule has 1 N–H and O–H groups in total. The van der Waals surface area contributed by atoms with Crippen LogP contribution in [0.15, 0.2) is 22.7 Å². The summed E-state index contributed by atoms with van der Waals surface area (Å²) >= 11 is 3.52. The van der Waals surface area contributed by atoms with Crippen molar-refractivity contribution < 1.29 is 9.47 Å². The van der Waals surface area contributed by atoms with Gasteiger partial charge in [0.05, 0.1) is 19.8 Å². The van der Waals surface area contributed by atoms with E-state index in [1.54, 1.807) is 14.2 Å². The second-order valence-electron chi connectivity index (χ2n) is 3.18. The first-order valence-electron chi connectivity index (χ1n) is 4.72. The van der Waals surface area contributed by atoms with Crippen molar-refractivity contribution in [3.63, 3.8) is 0 Å². The van der Waals surface area contributed by atoms with Crippen LogP contribution in [0.5, 0.6) is 5.75 Å². The van der Waals surface area contributed by atoms with E-state index in [1.165, 1.54) is 0 Å². The number of ether oxygens (including phenoxy) is 2. The minimum atomic E-state index is 0.166. The average Bonchev–Trinajstić information content (AvgIpc) is 2.27. The number of nitrogens with one attached hydrogen (secondary N) is 1. The first-order valence-corrected chi connectivity index (χ1v) is 5.51. The summed E-state index contributed by atoms with van der Waals surface area (Å²) in [6.45, 7) is 0.627. The Bertz CT molecular complexity index is 317. The van der Waals surface area contributed by atoms with Crippen LogP contribution in [0.1, 0.15) is 11.6 Å². The number of hydrogen-bond donors (Lipinski definition) is 1. The van der Waals surface area contributed by atoms with Crippen LogP contribution in [0.2, 0.25) is 0 Å². The van der Waals surface area contributed by atoms with Crippen molar-refractivity contribution in [2.75, 3.05) is 27.9 Å². The first-order chi connectivity index (χ1) is 7.22. The Balaban J connectivity index is 2.98. The SMILES string of the molecule is CNC(COC)c1cc(OC)ccc1Br. The molecule has 0 fully saturated rings. The molecule has 0 spiro atoms. The zero-order valence-electron chi connectivity index (χ0n) is 9.21. The van der Waals surface area contributed by atoms with Crippen LogP contribution in [0, 0.1) is 0 Å². The van der Waals surface area contributed by atoms with E-state index in [0.29, 0.717) is 6.61 Å². The predicted molar refractivity (Wildman–Crippen MR) is 64.4 cm³/mol. The van der Waals surface area contributed by atoms with E-state index in [-0.39, 0.29) is 6.04 Å². The lowest BCUT2D eigenvalue weighted by atomic mass is 10.1. The van der Waals surface area contributed by atoms with Gasteiger partial charge in [0.1, 0.15) is 5.75 Å². The third-order valence-corrected chi connectivity index (χ3v) is 2.98. The fourth-order valence-electron chi connectivity index (χ4n) is 1.41. The zero-order valence-corrected chi connectivity index (χ0v) is 10.8. The van der Waals surface area contributed by atoms with Gasteiger partial charge in [0.15, 0.2) is 0 Å². The molecule has 0 aliphatic carbocycles. The van der Waals surface area contributed by atoms with E-state index >= 15 is 0 Å². The Morgan fingerprint density at radius 1 is 1.40 bits per heavy atom. The van der Waals surface area contributed by atoms with Crippen molar-refractivity contribution in [1.82, 2.24) is 5.32 Å². The van der Waals surface area contributed by atoms with Crippen LogP contribution in [0.25, 0.3) is 0 Å². The molecule has 0 aromatic heterocycles. The summed E-state index contributed by atoms with van der Waals surface area (Å²) in [6, 6.07) is 6.07. The average molecular weight is 274 g/mol. The molecular weight excluding hydrogens is 258 g/mol. The molecule has 1 atom stereocenters. The molecule has 0 heterocycles. The highest BCUT2D eigenvalue weighted by Gasteiger charge is 2.13. The number of methoxy groups -OCH3 is 2. The number of hydrogen-bond acceptors (Lipinski definition) is 3. The molecule has 84 valence electrons. The van der Waals surface area contributed by atoms with Gasteiger partial charge in [0.2, 0.25) is 0 Å². The molecule has 0 amide bonds. The predicted octanol–water partition coefficient (Wildman–Crippen LogP) is 2.36. The summed E-state index contributed by atoms with van der Waals surface area (Å²) in [6.07, 6.45) is 0. The molecule has 0 radical (unpaired) electrons. The van der Waals surface area contributed by atoms with Crippen LogP contribution in [-0.2, 0) is 4.74 Å². The topological polar surface area (TPSA) is 30.5 Å². The molecule has 15 heavy (non-hydrogen) atoms. The minimum absolute atomic E-state index is 0.166. The van der Waals surface area contributed by atoms with Crippen LogP contribution in [0.4, 0.5) is 0 Å². The number of likely N-dealkylation sites (N-methyl/N-ethyl adjacent to an activating group) is 1. The molecular formula is C11H16BrNO2. The van der Waals surface area contributed by atoms with Gasteiger partial charge >= 0.3 is 0 Å². The number of halogens is 1. The standard InChI is InChI=1S/C11H16BrNO2/c1-13-11(7-14-2)9-6-8(15-3)4-5-10(9)12/h4-6,11,13H,7H2,1-3H3. The van der Waals surface area contributed by atoms with E-state index in [1.807, 2.05) is 25.2 Å². The van der Waals surface area contributed by atoms with Crippen LogP contribution in [0.3, 0.4) is 0 Å². The molecule has 1 rings (SSSR count). The molecule has 1 unspecified atom stereocenters. The molecule has 4 heteroatoms. The second kappa shape index (κ2) is 6.10. The van der Waals surface area contributed by atoms with Gasteiger partial charge < -0.3 is 14.8 Å². The van der Waals surface area contributed by atoms with E-state index in [0.717, 1.165) is 15.8 Å². The highest BCUT2D eigenvalue weighted by Crippen LogP contribution is 2.27. The van der Waals surface area contributed by atoms with Crippen molar-refractivity contribution >= 4 is 15.9 Å². The monoisotopic (exact) mass is 273 g/mol. The van der Waals surface area contributed by atoms with E-state index in [9.17, 15) is 0 Å². The molecule has 0 bridgehead atoms. The van der Waals surface area contributed by atoms with E-state index in [2.05, 4.69) is 21.2 Å². The third-order valence-electron chi connectivity index (χ3n) is 2.26. The highest BCUT2D eigenvalue weighted by atomic mass is 79.9. The maximum atomic E-state index is 5.19. The van der Waals surface area contributed by atoms with Gasteiger partial charge in [-0.2, -0.15) is 0 Å². The van der Waals surface area contributed by atoms with Gasteiger partial charge in [0, 0.05) is 11.6 Å². The largest absolute Gasteiger partial charge is 0.497 e. The van der Waals surface area contributed by atoms with E-state index in [4.69, 9.17) is 9.47 Å². The maximum absolute atomic E-state index is 5.19. The molecule has 3 nitrogen and oxygen atoms in total. The lowest BCUT2D eigenvalue weighted by Gasteiger charge is -2.17. The van der Waals surface area contributed by atoms with Gasteiger partial charge in [-0.05, 0) is 30.8 Å². The Morgan fingerprint density at radius 2 is 2.13 bits per heavy atom. The Hall–Kier alpha value is -0.580. The fourth-order valence-corrected chi connectivity index (χ4v) is 1.93. The van der Waals surface area contributed by atoms with Crippen molar-refractivity contribution in [3.05, 3.63) is 28.2 Å². The van der Waals surface area contributed by atoms with E-state index < -0.39 is 0 Å². The van der Waals surface area contributed by atoms with Crippen molar-refractivity contribution in [3.8, 4) is 5.75 Å². The summed E-state index contributed by atoms with van der Waals surface area (Å²) < 4.78 is 11.4. The van der Waals surface area contributed by atoms with Gasteiger partial charge in [-0.25, -0.2) is 0 Å². The minimum Gasteiger partial charge on any atom is -0.497 e. The van der Waals surface area contributed by atoms with Gasteiger partial charge in [0.25, 0.3) is 0 Å². The molecule has 0 saturated carbocycles. The highest BCUT2D eigenvalue weighted by molar-refractivity contribution is 9.10. The number of benzene rings is 1. The lowest BCUT2D eigenvalue weighted by molar-refractivity contribution is 0.170. The summed E-state index contributed by atoms with van der Waals surface area (Å²) in [4.78, 5) is 0. The van der Waals surface area contributed by atoms with Crippen molar-refractivity contribution in [2.45, 2.75) is 6.04 Å². The normalized spacial score (nSPS) is 12.5. The number of rotatable bonds is 5. The van der Waals surface area contributed by atoms with Crippen molar-refractivity contribution in [1.29, 1.82) is 0 Å². The van der Waals surface area contributed by atoms with Crippen molar-refractivity contribution in [2.24, 2.45) is 0 Å². The summed E-state index contributed by atoms with van der Waals surface area (Å²) in [5.74, 6) is 0.851. The lowest BCUT2D eigenvalue weighted by Crippen LogP contribution is -2.21. The zero-order chi connectivity index (χ0) is 11.3. The Morgan fingerprint density at radius 3 is 2.67 bits per heavy atom. The van der Waals surface area contributed by atoms with Crippen LogP contribution in [-0.4, -0.2) is 27.9 Å². The Labute approximate surface area is 98.9 Å². The van der Waals surface area contributed by atoms with Crippen LogP contribution < -0.4 is 10.1 Å². The second-order valence-corrected chi connectivity index (χ2v) is 4.04. The summed E-state index contributed by atoms with van der Waals surface area (Å²) in [5, 5.41) is 3.20. The smallest absolute Gasteiger partial charge is 0.119 e. The van der Waals surface area contributed by atoms with Crippen LogP contribution >= 0.6 is 15.9 Å². The van der Waals surface area contributed by atoms with Gasteiger partial charge in [-0.1, -0.05) is 15.9 Å². The molecule has 1 aromatic rings. The third kappa shape index (κ3) is 3.19. The summed E-state index contributed by atoms with van der Waals surface area (Å²) in [5.41, 5.74) is 1.14. The quantitative estimate of drug-likeness (QED) is 0.894. The maximum Gasteiger partial charge on any atom is 0.119 e. The summed E-state index contributed by atoms with van der Waals surface area (Å²) in [7, 11) is 5.27. The fraction of sp³-hybridized carbons (Fsp3) is 0.455. The molecule has 0 aliphatic rings. The molecule has 1 aromatic carbocycles. The molecule has 0 saturated heterocycles. The van der Waals surface area contributed by atoms with Gasteiger partial charge in [-0.3, -0.25) is 0 Å². The van der Waals surface area contributed by atoms with Gasteiger partial charge in [-0.15, -0.1) is 0 Å². The molecule has 0 aliphatic heterocycles. The Kier molecular flexibility index (Phi) is 5.08.